The molecule has 1 heterocycles. The number of nitrogens with one attached hydrogen (secondary N) is 2. The molecule has 0 saturated heterocycles. The van der Waals surface area contributed by atoms with Gasteiger partial charge in [0.25, 0.3) is 10.0 Å². The van der Waals surface area contributed by atoms with Crippen LogP contribution in [0.4, 0.5) is 5.69 Å². The molecule has 19 heavy (non-hydrogen) atoms. The molecule has 5 nitrogen and oxygen atoms in total. The average Bonchev–Trinajstić information content (AvgIpc) is 2.34. The molecule has 0 saturated carbocycles. The van der Waals surface area contributed by atoms with Crippen LogP contribution in [0, 0.1) is 0 Å². The molecular weight excluding hydrogens is 356 g/mol. The predicted molar refractivity (Wildman–Crippen MR) is 77.0 cm³/mol. The van der Waals surface area contributed by atoms with Crippen LogP contribution in [0.5, 0.6) is 0 Å². The molecule has 2 rings (SSSR count). The fraction of sp³-hybridized carbons (Fsp3) is 0. The molecule has 100 valence electrons. The maximum Gasteiger partial charge on any atom is 0.263 e. The van der Waals surface area contributed by atoms with Gasteiger partial charge in [0.15, 0.2) is 0 Å². The zero-order valence-corrected chi connectivity index (χ0v) is 12.5. The van der Waals surface area contributed by atoms with Gasteiger partial charge in [0.2, 0.25) is 5.56 Å². The second-order valence-electron chi connectivity index (χ2n) is 3.62. The molecule has 1 aromatic heterocycles. The first kappa shape index (κ1) is 14.1. The first-order valence-electron chi connectivity index (χ1n) is 5.05. The molecule has 0 amide bonds. The minimum atomic E-state index is -3.75. The highest BCUT2D eigenvalue weighted by atomic mass is 79.9. The lowest BCUT2D eigenvalue weighted by Gasteiger charge is -2.08. The highest BCUT2D eigenvalue weighted by Crippen LogP contribution is 2.26. The molecule has 0 fully saturated rings. The van der Waals surface area contributed by atoms with Gasteiger partial charge in [0.05, 0.1) is 10.7 Å². The van der Waals surface area contributed by atoms with E-state index in [-0.39, 0.29) is 10.5 Å². The number of anilines is 1. The van der Waals surface area contributed by atoms with Crippen molar-refractivity contribution in [2.45, 2.75) is 4.90 Å². The van der Waals surface area contributed by atoms with Crippen molar-refractivity contribution in [3.05, 3.63) is 56.4 Å². The Bertz CT molecular complexity index is 753. The smallest absolute Gasteiger partial charge is 0.263 e. The van der Waals surface area contributed by atoms with Gasteiger partial charge in [0.1, 0.15) is 4.90 Å². The highest BCUT2D eigenvalue weighted by Gasteiger charge is 2.14. The molecule has 0 spiro atoms. The fourth-order valence-electron chi connectivity index (χ4n) is 1.34. The molecule has 0 atom stereocenters. The molecule has 0 aliphatic carbocycles. The molecule has 2 N–H and O–H groups in total. The number of benzene rings is 1. The Balaban J connectivity index is 2.33. The second-order valence-corrected chi connectivity index (χ2v) is 6.57. The summed E-state index contributed by atoms with van der Waals surface area (Å²) in [7, 11) is -3.75. The Morgan fingerprint density at radius 2 is 1.95 bits per heavy atom. The van der Waals surface area contributed by atoms with Gasteiger partial charge < -0.3 is 4.98 Å². The lowest BCUT2D eigenvalue weighted by Crippen LogP contribution is -2.15. The van der Waals surface area contributed by atoms with E-state index < -0.39 is 10.0 Å². The van der Waals surface area contributed by atoms with Crippen LogP contribution >= 0.6 is 27.5 Å². The van der Waals surface area contributed by atoms with E-state index in [9.17, 15) is 13.2 Å². The van der Waals surface area contributed by atoms with E-state index in [2.05, 4.69) is 25.6 Å². The van der Waals surface area contributed by atoms with Gasteiger partial charge in [0, 0.05) is 16.7 Å². The third kappa shape index (κ3) is 3.37. The molecular formula is C11H8BrClN2O3S. The maximum absolute atomic E-state index is 12.0. The lowest BCUT2D eigenvalue weighted by atomic mass is 10.3. The number of rotatable bonds is 3. The van der Waals surface area contributed by atoms with Crippen LogP contribution in [0.1, 0.15) is 0 Å². The van der Waals surface area contributed by atoms with Crippen LogP contribution < -0.4 is 10.3 Å². The van der Waals surface area contributed by atoms with E-state index >= 15 is 0 Å². The van der Waals surface area contributed by atoms with Crippen molar-refractivity contribution in [3.63, 3.8) is 0 Å². The summed E-state index contributed by atoms with van der Waals surface area (Å²) in [6.45, 7) is 0. The van der Waals surface area contributed by atoms with Crippen LogP contribution in [0.2, 0.25) is 5.02 Å². The molecule has 0 radical (unpaired) electrons. The average molecular weight is 364 g/mol. The SMILES string of the molecule is O=c1ccc(S(=O)(=O)Nc2ccc(Br)c(Cl)c2)c[nH]1. The van der Waals surface area contributed by atoms with E-state index in [0.717, 1.165) is 12.3 Å². The van der Waals surface area contributed by atoms with Crippen molar-refractivity contribution in [2.24, 2.45) is 0 Å². The Morgan fingerprint density at radius 3 is 2.53 bits per heavy atom. The van der Waals surface area contributed by atoms with Crippen LogP contribution in [0.15, 0.2) is 50.7 Å². The minimum Gasteiger partial charge on any atom is -0.328 e. The molecule has 8 heteroatoms. The van der Waals surface area contributed by atoms with Crippen molar-refractivity contribution in [1.82, 2.24) is 4.98 Å². The molecule has 0 aliphatic heterocycles. The quantitative estimate of drug-likeness (QED) is 0.880. The number of sulfonamides is 1. The van der Waals surface area contributed by atoms with E-state index in [1.807, 2.05) is 0 Å². The maximum atomic E-state index is 12.0. The first-order valence-corrected chi connectivity index (χ1v) is 7.70. The number of H-pyrrole nitrogens is 1. The molecule has 0 bridgehead atoms. The predicted octanol–water partition coefficient (Wildman–Crippen LogP) is 2.59. The monoisotopic (exact) mass is 362 g/mol. The molecule has 2 aromatic rings. The van der Waals surface area contributed by atoms with Gasteiger partial charge in [-0.3, -0.25) is 9.52 Å². The first-order chi connectivity index (χ1) is 8.88. The van der Waals surface area contributed by atoms with Crippen molar-refractivity contribution < 1.29 is 8.42 Å². The van der Waals surface area contributed by atoms with Gasteiger partial charge in [-0.2, -0.15) is 0 Å². The summed E-state index contributed by atoms with van der Waals surface area (Å²) in [6, 6.07) is 7.05. The number of aromatic amines is 1. The van der Waals surface area contributed by atoms with Crippen LogP contribution in [-0.2, 0) is 10.0 Å². The Kier molecular flexibility index (Phi) is 3.98. The Hall–Kier alpha value is -1.31. The van der Waals surface area contributed by atoms with Gasteiger partial charge in [-0.05, 0) is 40.2 Å². The zero-order valence-electron chi connectivity index (χ0n) is 9.35. The van der Waals surface area contributed by atoms with E-state index in [1.165, 1.54) is 12.1 Å². The van der Waals surface area contributed by atoms with Gasteiger partial charge in [-0.15, -0.1) is 0 Å². The summed E-state index contributed by atoms with van der Waals surface area (Å²) in [4.78, 5) is 13.2. The number of aromatic nitrogens is 1. The van der Waals surface area contributed by atoms with Gasteiger partial charge in [-0.25, -0.2) is 8.42 Å². The molecule has 0 unspecified atom stereocenters. The minimum absolute atomic E-state index is 0.0360. The summed E-state index contributed by atoms with van der Waals surface area (Å²) in [5.41, 5.74) is -0.0370. The van der Waals surface area contributed by atoms with Gasteiger partial charge in [-0.1, -0.05) is 11.6 Å². The van der Waals surface area contributed by atoms with Crippen molar-refractivity contribution in [2.75, 3.05) is 4.72 Å². The zero-order chi connectivity index (χ0) is 14.0. The third-order valence-electron chi connectivity index (χ3n) is 2.24. The van der Waals surface area contributed by atoms with E-state index in [1.54, 1.807) is 12.1 Å². The Labute approximate surface area is 122 Å². The lowest BCUT2D eigenvalue weighted by molar-refractivity contribution is 0.600. The third-order valence-corrected chi connectivity index (χ3v) is 4.85. The van der Waals surface area contributed by atoms with Crippen LogP contribution in [0.25, 0.3) is 0 Å². The number of hydrogen-bond acceptors (Lipinski definition) is 3. The molecule has 1 aromatic carbocycles. The largest absolute Gasteiger partial charge is 0.328 e. The fourth-order valence-corrected chi connectivity index (χ4v) is 2.78. The van der Waals surface area contributed by atoms with E-state index in [0.29, 0.717) is 15.2 Å². The van der Waals surface area contributed by atoms with Crippen molar-refractivity contribution in [1.29, 1.82) is 0 Å². The summed E-state index contributed by atoms with van der Waals surface area (Å²) in [5, 5.41) is 0.390. The summed E-state index contributed by atoms with van der Waals surface area (Å²) < 4.78 is 27.1. The standard InChI is InChI=1S/C11H8BrClN2O3S/c12-9-3-1-7(5-10(9)13)15-19(17,18)8-2-4-11(16)14-6-8/h1-6,15H,(H,14,16). The summed E-state index contributed by atoms with van der Waals surface area (Å²) >= 11 is 9.09. The van der Waals surface area contributed by atoms with Crippen molar-refractivity contribution in [3.8, 4) is 0 Å². The van der Waals surface area contributed by atoms with E-state index in [4.69, 9.17) is 11.6 Å². The normalized spacial score (nSPS) is 11.3. The highest BCUT2D eigenvalue weighted by molar-refractivity contribution is 9.10. The van der Waals surface area contributed by atoms with Crippen LogP contribution in [0.3, 0.4) is 0 Å². The number of pyridine rings is 1. The summed E-state index contributed by atoms with van der Waals surface area (Å²) in [5.74, 6) is 0. The number of hydrogen-bond donors (Lipinski definition) is 2. The number of halogens is 2. The Morgan fingerprint density at radius 1 is 1.21 bits per heavy atom. The van der Waals surface area contributed by atoms with Crippen molar-refractivity contribution >= 4 is 43.2 Å². The van der Waals surface area contributed by atoms with Crippen LogP contribution in [-0.4, -0.2) is 13.4 Å². The molecule has 0 aliphatic rings. The van der Waals surface area contributed by atoms with Gasteiger partial charge >= 0.3 is 0 Å². The second kappa shape index (κ2) is 5.36. The summed E-state index contributed by atoms with van der Waals surface area (Å²) in [6.07, 6.45) is 1.13. The topological polar surface area (TPSA) is 79.0 Å².